The minimum absolute atomic E-state index is 0.198. The van der Waals surface area contributed by atoms with Crippen LogP contribution >= 0.6 is 0 Å². The van der Waals surface area contributed by atoms with Crippen LogP contribution in [0.1, 0.15) is 21.5 Å². The maximum Gasteiger partial charge on any atom is 0.263 e. The molecule has 0 aliphatic carbocycles. The number of methoxy groups -OCH3 is 4. The van der Waals surface area contributed by atoms with Crippen LogP contribution in [-0.4, -0.2) is 58.9 Å². The second-order valence-corrected chi connectivity index (χ2v) is 6.68. The Morgan fingerprint density at radius 1 is 1.03 bits per heavy atom. The van der Waals surface area contributed by atoms with E-state index >= 15 is 0 Å². The van der Waals surface area contributed by atoms with Gasteiger partial charge in [-0.15, -0.1) is 0 Å². The summed E-state index contributed by atoms with van der Waals surface area (Å²) in [4.78, 5) is 15.0. The van der Waals surface area contributed by atoms with Crippen LogP contribution in [0.5, 0.6) is 23.0 Å². The summed E-state index contributed by atoms with van der Waals surface area (Å²) in [5.41, 5.74) is 2.74. The number of carbonyl (C=O) groups is 1. The Bertz CT molecular complexity index is 997. The molecule has 2 aliphatic rings. The van der Waals surface area contributed by atoms with E-state index in [1.54, 1.807) is 11.0 Å². The molecule has 8 nitrogen and oxygen atoms in total. The fourth-order valence-electron chi connectivity index (χ4n) is 3.63. The Labute approximate surface area is 174 Å². The van der Waals surface area contributed by atoms with Crippen molar-refractivity contribution in [3.63, 3.8) is 0 Å². The summed E-state index contributed by atoms with van der Waals surface area (Å²) in [7, 11) is 6.12. The molecule has 0 bridgehead atoms. The molecule has 0 saturated carbocycles. The Hall–Kier alpha value is -3.23. The zero-order valence-electron chi connectivity index (χ0n) is 17.3. The molecule has 0 unspecified atom stereocenters. The molecule has 1 amide bonds. The fourth-order valence-corrected chi connectivity index (χ4v) is 3.63. The molecular weight excluding hydrogens is 390 g/mol. The zero-order valence-corrected chi connectivity index (χ0v) is 17.3. The predicted octanol–water partition coefficient (Wildman–Crippen LogP) is 3.01. The molecular formula is C22H23NO7. The average Bonchev–Trinajstić information content (AvgIpc) is 3.34. The van der Waals surface area contributed by atoms with Crippen molar-refractivity contribution < 1.29 is 33.2 Å². The first-order chi connectivity index (χ1) is 14.6. The molecule has 2 aromatic carbocycles. The van der Waals surface area contributed by atoms with E-state index in [1.165, 1.54) is 28.4 Å². The lowest BCUT2D eigenvalue weighted by molar-refractivity contribution is -0.107. The van der Waals surface area contributed by atoms with E-state index in [-0.39, 0.29) is 19.2 Å². The van der Waals surface area contributed by atoms with Crippen molar-refractivity contribution in [1.82, 2.24) is 4.90 Å². The molecule has 2 aromatic rings. The highest BCUT2D eigenvalue weighted by molar-refractivity contribution is 6.14. The smallest absolute Gasteiger partial charge is 0.263 e. The van der Waals surface area contributed by atoms with Crippen LogP contribution < -0.4 is 18.9 Å². The number of rotatable bonds is 7. The largest absolute Gasteiger partial charge is 0.493 e. The second kappa shape index (κ2) is 8.25. The van der Waals surface area contributed by atoms with Crippen LogP contribution in [0.15, 0.2) is 30.3 Å². The van der Waals surface area contributed by atoms with Crippen LogP contribution in [-0.2, 0) is 9.47 Å². The lowest BCUT2D eigenvalue weighted by Crippen LogP contribution is -2.34. The third-order valence-corrected chi connectivity index (χ3v) is 5.13. The van der Waals surface area contributed by atoms with Crippen molar-refractivity contribution in [3.05, 3.63) is 47.0 Å². The van der Waals surface area contributed by atoms with Gasteiger partial charge in [-0.1, -0.05) is 6.07 Å². The third-order valence-electron chi connectivity index (χ3n) is 5.13. The van der Waals surface area contributed by atoms with Gasteiger partial charge in [-0.05, 0) is 35.9 Å². The van der Waals surface area contributed by atoms with Gasteiger partial charge in [0.2, 0.25) is 6.79 Å². The quantitative estimate of drug-likeness (QED) is 0.646. The van der Waals surface area contributed by atoms with Gasteiger partial charge in [0.05, 0.1) is 32.0 Å². The maximum absolute atomic E-state index is 13.4. The van der Waals surface area contributed by atoms with Gasteiger partial charge in [0.25, 0.3) is 5.91 Å². The topological polar surface area (TPSA) is 75.7 Å². The molecule has 30 heavy (non-hydrogen) atoms. The maximum atomic E-state index is 13.4. The summed E-state index contributed by atoms with van der Waals surface area (Å²) in [5.74, 6) is 2.03. The summed E-state index contributed by atoms with van der Waals surface area (Å²) >= 11 is 0. The minimum Gasteiger partial charge on any atom is -0.493 e. The van der Waals surface area contributed by atoms with Crippen LogP contribution in [0.4, 0.5) is 0 Å². The van der Waals surface area contributed by atoms with Gasteiger partial charge in [-0.25, -0.2) is 0 Å². The number of hydrogen-bond acceptors (Lipinski definition) is 7. The molecule has 0 atom stereocenters. The monoisotopic (exact) mass is 413 g/mol. The minimum atomic E-state index is -0.587. The normalized spacial score (nSPS) is 15.8. The van der Waals surface area contributed by atoms with E-state index in [0.29, 0.717) is 34.3 Å². The third kappa shape index (κ3) is 3.34. The Morgan fingerprint density at radius 3 is 2.50 bits per heavy atom. The number of benzene rings is 2. The summed E-state index contributed by atoms with van der Waals surface area (Å²) in [6.07, 6.45) is 1.33. The Morgan fingerprint density at radius 2 is 1.80 bits per heavy atom. The Kier molecular flexibility index (Phi) is 5.52. The molecule has 4 rings (SSSR count). The Balaban J connectivity index is 1.84. The first-order valence-electron chi connectivity index (χ1n) is 9.35. The SMILES string of the molecule is COc1ccc2c(c1OC)C(=O)N(CC(OC)OC)/C2=C/c1ccc2c(c1)OCO2. The van der Waals surface area contributed by atoms with Crippen LogP contribution in [0.2, 0.25) is 0 Å². The van der Waals surface area contributed by atoms with Crippen LogP contribution in [0.3, 0.4) is 0 Å². The number of hydrogen-bond donors (Lipinski definition) is 0. The van der Waals surface area contributed by atoms with Crippen molar-refractivity contribution >= 4 is 17.7 Å². The molecule has 0 fully saturated rings. The number of ether oxygens (including phenoxy) is 6. The summed E-state index contributed by atoms with van der Waals surface area (Å²) in [6, 6.07) is 9.26. The van der Waals surface area contributed by atoms with E-state index in [9.17, 15) is 4.79 Å². The van der Waals surface area contributed by atoms with Gasteiger partial charge in [-0.3, -0.25) is 4.79 Å². The average molecular weight is 413 g/mol. The van der Waals surface area contributed by atoms with E-state index in [4.69, 9.17) is 28.4 Å². The molecule has 0 aromatic heterocycles. The van der Waals surface area contributed by atoms with Crippen LogP contribution in [0.25, 0.3) is 11.8 Å². The summed E-state index contributed by atoms with van der Waals surface area (Å²) in [6.45, 7) is 0.408. The predicted molar refractivity (Wildman–Crippen MR) is 109 cm³/mol. The van der Waals surface area contributed by atoms with Crippen molar-refractivity contribution in [1.29, 1.82) is 0 Å². The van der Waals surface area contributed by atoms with E-state index in [0.717, 1.165) is 11.1 Å². The van der Waals surface area contributed by atoms with Crippen molar-refractivity contribution in [2.45, 2.75) is 6.29 Å². The molecule has 2 aliphatic heterocycles. The molecule has 158 valence electrons. The number of amides is 1. The standard InChI is InChI=1S/C22H23NO7/c1-25-17-8-6-14-15(9-13-5-7-16-18(10-13)30-12-29-16)23(11-19(26-2)27-3)22(24)20(14)21(17)28-4/h5-10,19H,11-12H2,1-4H3/b15-9+. The van der Waals surface area contributed by atoms with Gasteiger partial charge in [0, 0.05) is 19.8 Å². The second-order valence-electron chi connectivity index (χ2n) is 6.68. The zero-order chi connectivity index (χ0) is 21.3. The van der Waals surface area contributed by atoms with Gasteiger partial charge >= 0.3 is 0 Å². The number of nitrogens with zero attached hydrogens (tertiary/aromatic N) is 1. The highest BCUT2D eigenvalue weighted by atomic mass is 16.7. The number of carbonyl (C=O) groups excluding carboxylic acids is 1. The van der Waals surface area contributed by atoms with Crippen molar-refractivity contribution in [2.24, 2.45) is 0 Å². The van der Waals surface area contributed by atoms with E-state index in [1.807, 2.05) is 30.3 Å². The van der Waals surface area contributed by atoms with Crippen LogP contribution in [0, 0.1) is 0 Å². The first kappa shape index (κ1) is 20.1. The highest BCUT2D eigenvalue weighted by Crippen LogP contribution is 2.44. The lowest BCUT2D eigenvalue weighted by Gasteiger charge is -2.23. The molecule has 2 heterocycles. The molecule has 8 heteroatoms. The fraction of sp³-hybridized carbons (Fsp3) is 0.318. The first-order valence-corrected chi connectivity index (χ1v) is 9.35. The molecule has 0 spiro atoms. The van der Waals surface area contributed by atoms with Crippen molar-refractivity contribution in [2.75, 3.05) is 41.8 Å². The molecule has 0 N–H and O–H groups in total. The summed E-state index contributed by atoms with van der Waals surface area (Å²) < 4.78 is 32.4. The van der Waals surface area contributed by atoms with E-state index in [2.05, 4.69) is 0 Å². The van der Waals surface area contributed by atoms with Gasteiger partial charge in [0.1, 0.15) is 0 Å². The van der Waals surface area contributed by atoms with Crippen molar-refractivity contribution in [3.8, 4) is 23.0 Å². The van der Waals surface area contributed by atoms with Gasteiger partial charge in [0.15, 0.2) is 29.3 Å². The lowest BCUT2D eigenvalue weighted by atomic mass is 10.0. The van der Waals surface area contributed by atoms with E-state index < -0.39 is 6.29 Å². The molecule has 0 saturated heterocycles. The highest BCUT2D eigenvalue weighted by Gasteiger charge is 2.38. The van der Waals surface area contributed by atoms with Gasteiger partial charge < -0.3 is 33.3 Å². The molecule has 0 radical (unpaired) electrons. The number of fused-ring (bicyclic) bond motifs is 2. The van der Waals surface area contributed by atoms with Gasteiger partial charge in [-0.2, -0.15) is 0 Å². The summed E-state index contributed by atoms with van der Waals surface area (Å²) in [5, 5.41) is 0.